The van der Waals surface area contributed by atoms with Gasteiger partial charge in [-0.15, -0.1) is 5.10 Å². The highest BCUT2D eigenvalue weighted by Gasteiger charge is 2.38. The Morgan fingerprint density at radius 3 is 2.50 bits per heavy atom. The number of halogens is 3. The minimum atomic E-state index is -2.49. The first-order valence-electron chi connectivity index (χ1n) is 6.05. The summed E-state index contributed by atoms with van der Waals surface area (Å²) in [6.07, 6.45) is 0.990. The fourth-order valence-corrected chi connectivity index (χ4v) is 3.23. The van der Waals surface area contributed by atoms with Gasteiger partial charge in [-0.25, -0.2) is 13.5 Å². The Morgan fingerprint density at radius 1 is 1.44 bits per heavy atom. The van der Waals surface area contributed by atoms with E-state index in [1.54, 1.807) is 4.68 Å². The Hall–Kier alpha value is -0.560. The standard InChI is InChI=1S/C11H17BrF2N4/c1-15-8(9-10(12)16-17-18(9)2)7-3-5-11(13,14)6-4-7/h7-8,15H,3-6H2,1-2H3. The van der Waals surface area contributed by atoms with Crippen LogP contribution in [-0.2, 0) is 7.05 Å². The van der Waals surface area contributed by atoms with E-state index in [-0.39, 0.29) is 24.8 Å². The Kier molecular flexibility index (Phi) is 4.01. The third-order valence-electron chi connectivity index (χ3n) is 3.67. The Bertz CT molecular complexity index is 392. The summed E-state index contributed by atoms with van der Waals surface area (Å²) in [5, 5.41) is 11.1. The lowest BCUT2D eigenvalue weighted by Crippen LogP contribution is -2.33. The summed E-state index contributed by atoms with van der Waals surface area (Å²) >= 11 is 3.36. The number of alkyl halides is 2. The molecule has 102 valence electrons. The summed E-state index contributed by atoms with van der Waals surface area (Å²) in [6.45, 7) is 0. The molecule has 1 aromatic rings. The average Bonchev–Trinajstić information content (AvgIpc) is 2.64. The van der Waals surface area contributed by atoms with Crippen molar-refractivity contribution in [1.29, 1.82) is 0 Å². The van der Waals surface area contributed by atoms with Gasteiger partial charge in [0.1, 0.15) is 0 Å². The van der Waals surface area contributed by atoms with Gasteiger partial charge < -0.3 is 5.32 Å². The van der Waals surface area contributed by atoms with Crippen LogP contribution < -0.4 is 5.32 Å². The number of rotatable bonds is 3. The molecule has 2 rings (SSSR count). The predicted octanol–water partition coefficient (Wildman–Crippen LogP) is 2.66. The van der Waals surface area contributed by atoms with Crippen molar-refractivity contribution >= 4 is 15.9 Å². The molecule has 0 saturated heterocycles. The van der Waals surface area contributed by atoms with Gasteiger partial charge in [0, 0.05) is 19.9 Å². The van der Waals surface area contributed by atoms with Crippen molar-refractivity contribution in [1.82, 2.24) is 20.3 Å². The smallest absolute Gasteiger partial charge is 0.248 e. The van der Waals surface area contributed by atoms with E-state index >= 15 is 0 Å². The summed E-state index contributed by atoms with van der Waals surface area (Å²) in [7, 11) is 3.66. The molecule has 1 heterocycles. The molecule has 1 fully saturated rings. The number of aryl methyl sites for hydroxylation is 1. The van der Waals surface area contributed by atoms with E-state index in [0.29, 0.717) is 17.4 Å². The second kappa shape index (κ2) is 5.21. The molecule has 0 bridgehead atoms. The molecular weight excluding hydrogens is 306 g/mol. The van der Waals surface area contributed by atoms with Crippen LogP contribution in [0.4, 0.5) is 8.78 Å². The van der Waals surface area contributed by atoms with Crippen LogP contribution in [0.3, 0.4) is 0 Å². The molecule has 0 aliphatic heterocycles. The van der Waals surface area contributed by atoms with Gasteiger partial charge in [0.2, 0.25) is 5.92 Å². The zero-order valence-corrected chi connectivity index (χ0v) is 12.0. The lowest BCUT2D eigenvalue weighted by molar-refractivity contribution is -0.0498. The molecule has 1 aliphatic rings. The highest BCUT2D eigenvalue weighted by atomic mass is 79.9. The quantitative estimate of drug-likeness (QED) is 0.930. The fraction of sp³-hybridized carbons (Fsp3) is 0.818. The van der Waals surface area contributed by atoms with Crippen LogP contribution in [0.25, 0.3) is 0 Å². The fourth-order valence-electron chi connectivity index (χ4n) is 2.66. The Morgan fingerprint density at radius 2 is 2.06 bits per heavy atom. The topological polar surface area (TPSA) is 42.7 Å². The second-order valence-electron chi connectivity index (χ2n) is 4.85. The zero-order valence-electron chi connectivity index (χ0n) is 10.5. The summed E-state index contributed by atoms with van der Waals surface area (Å²) in [5.41, 5.74) is 0.924. The largest absolute Gasteiger partial charge is 0.311 e. The molecule has 18 heavy (non-hydrogen) atoms. The van der Waals surface area contributed by atoms with E-state index in [1.165, 1.54) is 0 Å². The summed E-state index contributed by atoms with van der Waals surface area (Å²) in [4.78, 5) is 0. The molecule has 4 nitrogen and oxygen atoms in total. The molecule has 0 aromatic carbocycles. The first-order valence-corrected chi connectivity index (χ1v) is 6.84. The lowest BCUT2D eigenvalue weighted by atomic mass is 9.81. The summed E-state index contributed by atoms with van der Waals surface area (Å²) < 4.78 is 28.7. The van der Waals surface area contributed by atoms with Gasteiger partial charge in [-0.05, 0) is 41.7 Å². The van der Waals surface area contributed by atoms with Crippen molar-refractivity contribution < 1.29 is 8.78 Å². The maximum atomic E-state index is 13.2. The number of aromatic nitrogens is 3. The number of nitrogens with zero attached hydrogens (tertiary/aromatic N) is 3. The molecule has 7 heteroatoms. The Balaban J connectivity index is 2.15. The Labute approximate surface area is 113 Å². The highest BCUT2D eigenvalue weighted by Crippen LogP contribution is 2.41. The van der Waals surface area contributed by atoms with E-state index < -0.39 is 5.92 Å². The van der Waals surface area contributed by atoms with Gasteiger partial charge in [0.25, 0.3) is 0 Å². The molecule has 1 aliphatic carbocycles. The van der Waals surface area contributed by atoms with Crippen LogP contribution >= 0.6 is 15.9 Å². The summed E-state index contributed by atoms with van der Waals surface area (Å²) in [5.74, 6) is -2.29. The highest BCUT2D eigenvalue weighted by molar-refractivity contribution is 9.10. The minimum Gasteiger partial charge on any atom is -0.311 e. The zero-order chi connectivity index (χ0) is 13.3. The molecule has 1 aromatic heterocycles. The predicted molar refractivity (Wildman–Crippen MR) is 67.4 cm³/mol. The molecule has 1 saturated carbocycles. The number of hydrogen-bond acceptors (Lipinski definition) is 3. The molecular formula is C11H17BrF2N4. The van der Waals surface area contributed by atoms with Crippen LogP contribution in [0.2, 0.25) is 0 Å². The lowest BCUT2D eigenvalue weighted by Gasteiger charge is -2.33. The van der Waals surface area contributed by atoms with Gasteiger partial charge in [-0.2, -0.15) is 0 Å². The van der Waals surface area contributed by atoms with E-state index in [2.05, 4.69) is 31.6 Å². The molecule has 0 radical (unpaired) electrons. The van der Waals surface area contributed by atoms with Crippen LogP contribution in [-0.4, -0.2) is 28.0 Å². The van der Waals surface area contributed by atoms with Crippen LogP contribution in [0.15, 0.2) is 4.60 Å². The average molecular weight is 323 g/mol. The monoisotopic (exact) mass is 322 g/mol. The van der Waals surface area contributed by atoms with Gasteiger partial charge >= 0.3 is 0 Å². The van der Waals surface area contributed by atoms with E-state index in [1.807, 2.05) is 14.1 Å². The van der Waals surface area contributed by atoms with Crippen LogP contribution in [0.1, 0.15) is 37.4 Å². The molecule has 0 spiro atoms. The van der Waals surface area contributed by atoms with Crippen molar-refractivity contribution in [2.75, 3.05) is 7.05 Å². The first kappa shape index (κ1) is 13.9. The first-order chi connectivity index (χ1) is 8.44. The van der Waals surface area contributed by atoms with Crippen LogP contribution in [0.5, 0.6) is 0 Å². The van der Waals surface area contributed by atoms with Crippen molar-refractivity contribution in [2.24, 2.45) is 13.0 Å². The normalized spacial score (nSPS) is 22.1. The molecule has 0 amide bonds. The maximum absolute atomic E-state index is 13.2. The van der Waals surface area contributed by atoms with Gasteiger partial charge in [-0.3, -0.25) is 0 Å². The third kappa shape index (κ3) is 2.71. The van der Waals surface area contributed by atoms with Crippen molar-refractivity contribution in [3.63, 3.8) is 0 Å². The minimum absolute atomic E-state index is 0.00970. The van der Waals surface area contributed by atoms with Gasteiger partial charge in [0.05, 0.1) is 11.7 Å². The SMILES string of the molecule is CNC(c1c(Br)nnn1C)C1CCC(F)(F)CC1. The van der Waals surface area contributed by atoms with E-state index in [0.717, 1.165) is 5.69 Å². The molecule has 1 unspecified atom stereocenters. The maximum Gasteiger partial charge on any atom is 0.248 e. The van der Waals surface area contributed by atoms with E-state index in [4.69, 9.17) is 0 Å². The van der Waals surface area contributed by atoms with Crippen molar-refractivity contribution in [3.05, 3.63) is 10.3 Å². The van der Waals surface area contributed by atoms with Gasteiger partial charge in [-0.1, -0.05) is 5.21 Å². The van der Waals surface area contributed by atoms with Crippen molar-refractivity contribution in [2.45, 2.75) is 37.6 Å². The number of nitrogens with one attached hydrogen (secondary N) is 1. The van der Waals surface area contributed by atoms with Crippen molar-refractivity contribution in [3.8, 4) is 0 Å². The molecule has 1 atom stereocenters. The molecule has 1 N–H and O–H groups in total. The summed E-state index contributed by atoms with van der Waals surface area (Å²) in [6, 6.07) is 0.00970. The van der Waals surface area contributed by atoms with Crippen LogP contribution in [0, 0.1) is 5.92 Å². The second-order valence-corrected chi connectivity index (χ2v) is 5.60. The van der Waals surface area contributed by atoms with Gasteiger partial charge in [0.15, 0.2) is 4.60 Å². The third-order valence-corrected chi connectivity index (χ3v) is 4.23. The van der Waals surface area contributed by atoms with E-state index in [9.17, 15) is 8.78 Å². The number of hydrogen-bond donors (Lipinski definition) is 1.